The molecule has 5 heteroatoms. The van der Waals surface area contributed by atoms with E-state index in [1.165, 1.54) is 4.90 Å². The smallest absolute Gasteiger partial charge is 0.223 e. The molecule has 0 aliphatic rings. The average Bonchev–Trinajstić information content (AvgIpc) is 2.38. The molecule has 92 valence electrons. The molecular formula is C13H14N4O. The highest BCUT2D eigenvalue weighted by atomic mass is 16.2. The maximum absolute atomic E-state index is 11.3. The fourth-order valence-corrected chi connectivity index (χ4v) is 1.38. The summed E-state index contributed by atoms with van der Waals surface area (Å²) in [6.07, 6.45) is 0.384. The molecule has 0 aromatic heterocycles. The van der Waals surface area contributed by atoms with Crippen LogP contribution in [0.4, 0.5) is 5.69 Å². The largest absolute Gasteiger partial charge is 0.384 e. The molecule has 0 saturated heterocycles. The molecule has 0 aliphatic heterocycles. The second-order valence-electron chi connectivity index (χ2n) is 3.95. The number of hydrogen-bond donors (Lipinski definition) is 1. The van der Waals surface area contributed by atoms with Crippen LogP contribution >= 0.6 is 0 Å². The van der Waals surface area contributed by atoms with Gasteiger partial charge in [-0.25, -0.2) is 0 Å². The highest BCUT2D eigenvalue weighted by molar-refractivity contribution is 5.76. The molecule has 0 aliphatic carbocycles. The topological polar surface area (TPSA) is 79.9 Å². The number of nitriles is 2. The van der Waals surface area contributed by atoms with Crippen molar-refractivity contribution < 1.29 is 4.79 Å². The quantitative estimate of drug-likeness (QED) is 0.863. The van der Waals surface area contributed by atoms with Gasteiger partial charge in [-0.3, -0.25) is 4.79 Å². The molecule has 18 heavy (non-hydrogen) atoms. The number of rotatable bonds is 4. The van der Waals surface area contributed by atoms with Crippen molar-refractivity contribution in [2.24, 2.45) is 0 Å². The number of hydrogen-bond acceptors (Lipinski definition) is 4. The molecule has 1 aromatic rings. The van der Waals surface area contributed by atoms with Gasteiger partial charge in [-0.15, -0.1) is 0 Å². The van der Waals surface area contributed by atoms with E-state index in [1.807, 2.05) is 12.1 Å². The van der Waals surface area contributed by atoms with Crippen molar-refractivity contribution in [3.05, 3.63) is 29.3 Å². The third kappa shape index (κ3) is 3.50. The predicted molar refractivity (Wildman–Crippen MR) is 67.7 cm³/mol. The fraction of sp³-hybridized carbons (Fsp3) is 0.308. The first-order chi connectivity index (χ1) is 8.58. The summed E-state index contributed by atoms with van der Waals surface area (Å²) in [5, 5.41) is 20.7. The van der Waals surface area contributed by atoms with Crippen LogP contribution < -0.4 is 5.32 Å². The summed E-state index contributed by atoms with van der Waals surface area (Å²) in [7, 11) is 3.41. The fourth-order valence-electron chi connectivity index (χ4n) is 1.38. The molecular weight excluding hydrogens is 228 g/mol. The number of carbonyl (C=O) groups is 1. The van der Waals surface area contributed by atoms with Crippen molar-refractivity contribution >= 4 is 11.6 Å². The van der Waals surface area contributed by atoms with Crippen LogP contribution in [0.2, 0.25) is 0 Å². The summed E-state index contributed by atoms with van der Waals surface area (Å²) in [5.41, 5.74) is 1.42. The normalized spacial score (nSPS) is 9.11. The third-order valence-corrected chi connectivity index (χ3v) is 2.43. The SMILES string of the molecule is CN(C)C(=O)CCNc1ccc(C#N)c(C#N)c1. The molecule has 0 spiro atoms. The number of nitrogens with one attached hydrogen (secondary N) is 1. The molecule has 1 amide bonds. The van der Waals surface area contributed by atoms with Gasteiger partial charge in [0, 0.05) is 32.7 Å². The van der Waals surface area contributed by atoms with Gasteiger partial charge in [0.15, 0.2) is 0 Å². The summed E-state index contributed by atoms with van der Waals surface area (Å²) in [4.78, 5) is 12.9. The van der Waals surface area contributed by atoms with Gasteiger partial charge in [-0.1, -0.05) is 0 Å². The Morgan fingerprint density at radius 1 is 1.28 bits per heavy atom. The summed E-state index contributed by atoms with van der Waals surface area (Å²) < 4.78 is 0. The lowest BCUT2D eigenvalue weighted by Gasteiger charge is -2.11. The Balaban J connectivity index is 2.62. The summed E-state index contributed by atoms with van der Waals surface area (Å²) >= 11 is 0. The van der Waals surface area contributed by atoms with Gasteiger partial charge < -0.3 is 10.2 Å². The van der Waals surface area contributed by atoms with Crippen LogP contribution in [0.3, 0.4) is 0 Å². The van der Waals surface area contributed by atoms with E-state index in [9.17, 15) is 4.79 Å². The Kier molecular flexibility index (Phi) is 4.71. The van der Waals surface area contributed by atoms with E-state index in [0.29, 0.717) is 24.1 Å². The second kappa shape index (κ2) is 6.27. The molecule has 0 heterocycles. The average molecular weight is 242 g/mol. The van der Waals surface area contributed by atoms with E-state index >= 15 is 0 Å². The number of benzene rings is 1. The summed E-state index contributed by atoms with van der Waals surface area (Å²) in [6.45, 7) is 0.494. The predicted octanol–water partition coefficient (Wildman–Crippen LogP) is 1.32. The zero-order chi connectivity index (χ0) is 13.5. The lowest BCUT2D eigenvalue weighted by Crippen LogP contribution is -2.23. The second-order valence-corrected chi connectivity index (χ2v) is 3.95. The van der Waals surface area contributed by atoms with Crippen LogP contribution in [0.5, 0.6) is 0 Å². The first-order valence-corrected chi connectivity index (χ1v) is 5.46. The van der Waals surface area contributed by atoms with E-state index in [1.54, 1.807) is 32.3 Å². The maximum atomic E-state index is 11.3. The van der Waals surface area contributed by atoms with Gasteiger partial charge in [0.25, 0.3) is 0 Å². The molecule has 0 fully saturated rings. The van der Waals surface area contributed by atoms with E-state index in [4.69, 9.17) is 10.5 Å². The Bertz CT molecular complexity index is 523. The molecule has 1 N–H and O–H groups in total. The zero-order valence-electron chi connectivity index (χ0n) is 10.4. The minimum absolute atomic E-state index is 0.0386. The number of amides is 1. The van der Waals surface area contributed by atoms with Crippen molar-refractivity contribution in [2.75, 3.05) is 26.0 Å². The van der Waals surface area contributed by atoms with Gasteiger partial charge in [-0.2, -0.15) is 10.5 Å². The Morgan fingerprint density at radius 3 is 2.50 bits per heavy atom. The maximum Gasteiger partial charge on any atom is 0.223 e. The molecule has 1 aromatic carbocycles. The number of carbonyl (C=O) groups excluding carboxylic acids is 1. The van der Waals surface area contributed by atoms with Crippen LogP contribution in [0, 0.1) is 22.7 Å². The van der Waals surface area contributed by atoms with Crippen molar-refractivity contribution in [3.63, 3.8) is 0 Å². The first-order valence-electron chi connectivity index (χ1n) is 5.46. The van der Waals surface area contributed by atoms with Gasteiger partial charge >= 0.3 is 0 Å². The molecule has 0 bridgehead atoms. The minimum atomic E-state index is 0.0386. The Hall–Kier alpha value is -2.53. The van der Waals surface area contributed by atoms with Crippen LogP contribution in [-0.4, -0.2) is 31.4 Å². The summed E-state index contributed by atoms with van der Waals surface area (Å²) in [6, 6.07) is 8.84. The highest BCUT2D eigenvalue weighted by Gasteiger charge is 2.05. The van der Waals surface area contributed by atoms with Crippen molar-refractivity contribution in [2.45, 2.75) is 6.42 Å². The van der Waals surface area contributed by atoms with E-state index in [0.717, 1.165) is 5.69 Å². The van der Waals surface area contributed by atoms with Crippen LogP contribution in [-0.2, 0) is 4.79 Å². The van der Waals surface area contributed by atoms with Gasteiger partial charge in [0.1, 0.15) is 12.1 Å². The highest BCUT2D eigenvalue weighted by Crippen LogP contribution is 2.14. The van der Waals surface area contributed by atoms with Gasteiger partial charge in [0.2, 0.25) is 5.91 Å². The zero-order valence-corrected chi connectivity index (χ0v) is 10.4. The minimum Gasteiger partial charge on any atom is -0.384 e. The van der Waals surface area contributed by atoms with Crippen molar-refractivity contribution in [3.8, 4) is 12.1 Å². The van der Waals surface area contributed by atoms with Gasteiger partial charge in [0.05, 0.1) is 11.1 Å². The standard InChI is InChI=1S/C13H14N4O/c1-17(2)13(18)5-6-16-12-4-3-10(8-14)11(7-12)9-15/h3-4,7,16H,5-6H2,1-2H3. The van der Waals surface area contributed by atoms with E-state index in [2.05, 4.69) is 5.32 Å². The van der Waals surface area contributed by atoms with Crippen LogP contribution in [0.15, 0.2) is 18.2 Å². The van der Waals surface area contributed by atoms with E-state index in [-0.39, 0.29) is 5.91 Å². The number of anilines is 1. The van der Waals surface area contributed by atoms with Crippen LogP contribution in [0.25, 0.3) is 0 Å². The van der Waals surface area contributed by atoms with Gasteiger partial charge in [-0.05, 0) is 18.2 Å². The van der Waals surface area contributed by atoms with Crippen LogP contribution in [0.1, 0.15) is 17.5 Å². The Labute approximate surface area is 106 Å². The van der Waals surface area contributed by atoms with Crippen molar-refractivity contribution in [1.29, 1.82) is 10.5 Å². The molecule has 0 saturated carbocycles. The molecule has 0 atom stereocenters. The molecule has 0 radical (unpaired) electrons. The third-order valence-electron chi connectivity index (χ3n) is 2.43. The molecule has 1 rings (SSSR count). The monoisotopic (exact) mass is 242 g/mol. The lowest BCUT2D eigenvalue weighted by molar-refractivity contribution is -0.128. The molecule has 5 nitrogen and oxygen atoms in total. The lowest BCUT2D eigenvalue weighted by atomic mass is 10.1. The number of nitrogens with zero attached hydrogens (tertiary/aromatic N) is 3. The first kappa shape index (κ1) is 13.5. The van der Waals surface area contributed by atoms with E-state index < -0.39 is 0 Å². The Morgan fingerprint density at radius 2 is 1.94 bits per heavy atom. The molecule has 0 unspecified atom stereocenters. The summed E-state index contributed by atoms with van der Waals surface area (Å²) in [5.74, 6) is 0.0386. The van der Waals surface area contributed by atoms with Crippen molar-refractivity contribution in [1.82, 2.24) is 4.90 Å².